The Kier molecular flexibility index (Phi) is 4.35. The minimum absolute atomic E-state index is 0.190. The molecule has 0 radical (unpaired) electrons. The molecule has 0 aromatic carbocycles. The molecule has 0 spiro atoms. The number of hydrogen-bond donors (Lipinski definition) is 1. The fraction of sp³-hybridized carbons (Fsp3) is 0.846. The fourth-order valence-corrected chi connectivity index (χ4v) is 2.55. The molecule has 1 N–H and O–H groups in total. The lowest BCUT2D eigenvalue weighted by molar-refractivity contribution is 0.147. The molecule has 0 bridgehead atoms. The first-order valence-corrected chi connectivity index (χ1v) is 6.84. The van der Waals surface area contributed by atoms with Crippen molar-refractivity contribution in [1.29, 1.82) is 0 Å². The molecule has 5 nitrogen and oxygen atoms in total. The van der Waals surface area contributed by atoms with Gasteiger partial charge >= 0.3 is 0 Å². The molecule has 0 amide bonds. The van der Waals surface area contributed by atoms with Crippen LogP contribution in [0.2, 0.25) is 0 Å². The van der Waals surface area contributed by atoms with Crippen LogP contribution in [0.5, 0.6) is 0 Å². The molecular weight excluding hydrogens is 228 g/mol. The number of nitrogens with zero attached hydrogens (tertiary/aromatic N) is 3. The van der Waals surface area contributed by atoms with Crippen LogP contribution in [0.3, 0.4) is 0 Å². The summed E-state index contributed by atoms with van der Waals surface area (Å²) in [4.78, 5) is 4.42. The third-order valence-corrected chi connectivity index (χ3v) is 3.60. The van der Waals surface area contributed by atoms with E-state index in [9.17, 15) is 0 Å². The van der Waals surface area contributed by atoms with Crippen molar-refractivity contribution < 1.29 is 4.74 Å². The van der Waals surface area contributed by atoms with Gasteiger partial charge in [0, 0.05) is 31.0 Å². The van der Waals surface area contributed by atoms with Crippen molar-refractivity contribution in [3.8, 4) is 0 Å². The van der Waals surface area contributed by atoms with E-state index in [1.54, 1.807) is 6.33 Å². The van der Waals surface area contributed by atoms with Crippen LogP contribution in [0.25, 0.3) is 0 Å². The largest absolute Gasteiger partial charge is 0.381 e. The number of hydrogen-bond acceptors (Lipinski definition) is 4. The summed E-state index contributed by atoms with van der Waals surface area (Å²) in [5.41, 5.74) is 0.190. The second-order valence-corrected chi connectivity index (χ2v) is 5.47. The molecular formula is C13H24N4O. The van der Waals surface area contributed by atoms with E-state index in [-0.39, 0.29) is 5.41 Å². The maximum atomic E-state index is 5.61. The molecule has 1 aliphatic rings. The van der Waals surface area contributed by atoms with Crippen LogP contribution < -0.4 is 5.32 Å². The van der Waals surface area contributed by atoms with Crippen molar-refractivity contribution in [2.75, 3.05) is 26.3 Å². The Balaban J connectivity index is 2.10. The van der Waals surface area contributed by atoms with Gasteiger partial charge in [-0.05, 0) is 26.8 Å². The first-order chi connectivity index (χ1) is 8.67. The van der Waals surface area contributed by atoms with Gasteiger partial charge < -0.3 is 10.1 Å². The summed E-state index contributed by atoms with van der Waals surface area (Å²) in [6, 6.07) is 0.362. The van der Waals surface area contributed by atoms with Gasteiger partial charge in [0.25, 0.3) is 0 Å². The number of ether oxygens (including phenoxy) is 1. The molecule has 18 heavy (non-hydrogen) atoms. The second-order valence-electron chi connectivity index (χ2n) is 5.47. The van der Waals surface area contributed by atoms with Crippen molar-refractivity contribution in [2.24, 2.45) is 5.41 Å². The Morgan fingerprint density at radius 2 is 2.39 bits per heavy atom. The Labute approximate surface area is 109 Å². The highest BCUT2D eigenvalue weighted by Crippen LogP contribution is 2.31. The van der Waals surface area contributed by atoms with Gasteiger partial charge in [-0.2, -0.15) is 5.10 Å². The predicted octanol–water partition coefficient (Wildman–Crippen LogP) is 1.42. The Bertz CT molecular complexity index is 369. The quantitative estimate of drug-likeness (QED) is 0.832. The van der Waals surface area contributed by atoms with Gasteiger partial charge in [0.1, 0.15) is 12.2 Å². The average molecular weight is 252 g/mol. The van der Waals surface area contributed by atoms with Crippen molar-refractivity contribution in [2.45, 2.75) is 39.7 Å². The van der Waals surface area contributed by atoms with Gasteiger partial charge in [0.2, 0.25) is 0 Å². The molecule has 1 aliphatic heterocycles. The molecule has 0 aliphatic carbocycles. The third kappa shape index (κ3) is 2.90. The summed E-state index contributed by atoms with van der Waals surface area (Å²) in [5, 5.41) is 7.77. The summed E-state index contributed by atoms with van der Waals surface area (Å²) in [5.74, 6) is 1.08. The SMILES string of the molecule is CCNCC1(Cc2ncnn2C(C)C)CCOC1. The van der Waals surface area contributed by atoms with E-state index in [1.165, 1.54) is 0 Å². The Morgan fingerprint density at radius 1 is 1.56 bits per heavy atom. The van der Waals surface area contributed by atoms with E-state index in [0.29, 0.717) is 6.04 Å². The lowest BCUT2D eigenvalue weighted by Crippen LogP contribution is -2.37. The van der Waals surface area contributed by atoms with E-state index < -0.39 is 0 Å². The summed E-state index contributed by atoms with van der Waals surface area (Å²) < 4.78 is 7.63. The standard InChI is InChI=1S/C13H24N4O/c1-4-14-8-13(5-6-18-9-13)7-12-15-10-16-17(12)11(2)3/h10-11,14H,4-9H2,1-3H3. The zero-order chi connectivity index (χ0) is 13.0. The van der Waals surface area contributed by atoms with Gasteiger partial charge in [-0.25, -0.2) is 9.67 Å². The normalized spacial score (nSPS) is 24.0. The first-order valence-electron chi connectivity index (χ1n) is 6.84. The number of nitrogens with one attached hydrogen (secondary N) is 1. The maximum Gasteiger partial charge on any atom is 0.138 e. The van der Waals surface area contributed by atoms with E-state index in [2.05, 4.69) is 36.2 Å². The smallest absolute Gasteiger partial charge is 0.138 e. The zero-order valence-electron chi connectivity index (χ0n) is 11.6. The van der Waals surface area contributed by atoms with Crippen LogP contribution in [0.1, 0.15) is 39.1 Å². The van der Waals surface area contributed by atoms with Crippen LogP contribution in [0.4, 0.5) is 0 Å². The zero-order valence-corrected chi connectivity index (χ0v) is 11.6. The summed E-state index contributed by atoms with van der Waals surface area (Å²) in [7, 11) is 0. The van der Waals surface area contributed by atoms with Crippen LogP contribution in [0.15, 0.2) is 6.33 Å². The van der Waals surface area contributed by atoms with E-state index >= 15 is 0 Å². The third-order valence-electron chi connectivity index (χ3n) is 3.60. The lowest BCUT2D eigenvalue weighted by atomic mass is 9.83. The van der Waals surface area contributed by atoms with E-state index in [4.69, 9.17) is 4.74 Å². The highest BCUT2D eigenvalue weighted by atomic mass is 16.5. The molecule has 102 valence electrons. The topological polar surface area (TPSA) is 52.0 Å². The molecule has 1 aromatic rings. The molecule has 1 aromatic heterocycles. The molecule has 2 rings (SSSR count). The highest BCUT2D eigenvalue weighted by molar-refractivity contribution is 4.98. The lowest BCUT2D eigenvalue weighted by Gasteiger charge is -2.27. The molecule has 5 heteroatoms. The minimum atomic E-state index is 0.190. The first kappa shape index (κ1) is 13.5. The molecule has 1 unspecified atom stereocenters. The summed E-state index contributed by atoms with van der Waals surface area (Å²) in [6.07, 6.45) is 3.70. The van der Waals surface area contributed by atoms with Crippen LogP contribution in [-0.4, -0.2) is 41.1 Å². The summed E-state index contributed by atoms with van der Waals surface area (Å²) in [6.45, 7) is 10.1. The summed E-state index contributed by atoms with van der Waals surface area (Å²) >= 11 is 0. The molecule has 1 saturated heterocycles. The van der Waals surface area contributed by atoms with Crippen molar-refractivity contribution in [3.63, 3.8) is 0 Å². The molecule has 0 saturated carbocycles. The van der Waals surface area contributed by atoms with Gasteiger partial charge in [-0.3, -0.25) is 0 Å². The molecule has 1 fully saturated rings. The minimum Gasteiger partial charge on any atom is -0.381 e. The monoisotopic (exact) mass is 252 g/mol. The fourth-order valence-electron chi connectivity index (χ4n) is 2.55. The van der Waals surface area contributed by atoms with Gasteiger partial charge in [0.15, 0.2) is 0 Å². The van der Waals surface area contributed by atoms with E-state index in [0.717, 1.165) is 45.0 Å². The van der Waals surface area contributed by atoms with Crippen molar-refractivity contribution in [1.82, 2.24) is 20.1 Å². The van der Waals surface area contributed by atoms with E-state index in [1.807, 2.05) is 4.68 Å². The number of rotatable bonds is 6. The predicted molar refractivity (Wildman–Crippen MR) is 70.5 cm³/mol. The average Bonchev–Trinajstić information content (AvgIpc) is 2.97. The van der Waals surface area contributed by atoms with Crippen LogP contribution >= 0.6 is 0 Å². The highest BCUT2D eigenvalue weighted by Gasteiger charge is 2.36. The van der Waals surface area contributed by atoms with Crippen LogP contribution in [0, 0.1) is 5.41 Å². The Morgan fingerprint density at radius 3 is 3.00 bits per heavy atom. The maximum absolute atomic E-state index is 5.61. The van der Waals surface area contributed by atoms with Gasteiger partial charge in [-0.1, -0.05) is 6.92 Å². The molecule has 1 atom stereocenters. The van der Waals surface area contributed by atoms with Crippen LogP contribution in [-0.2, 0) is 11.2 Å². The second kappa shape index (κ2) is 5.80. The molecule has 2 heterocycles. The van der Waals surface area contributed by atoms with Gasteiger partial charge in [-0.15, -0.1) is 0 Å². The van der Waals surface area contributed by atoms with Crippen molar-refractivity contribution in [3.05, 3.63) is 12.2 Å². The van der Waals surface area contributed by atoms with Gasteiger partial charge in [0.05, 0.1) is 6.61 Å². The van der Waals surface area contributed by atoms with Crippen molar-refractivity contribution >= 4 is 0 Å². The Hall–Kier alpha value is -0.940. The number of aromatic nitrogens is 3.